The van der Waals surface area contributed by atoms with Crippen LogP contribution in [0, 0.1) is 19.7 Å². The fraction of sp³-hybridized carbons (Fsp3) is 0.167. The molecule has 0 aliphatic rings. The highest BCUT2D eigenvalue weighted by Gasteiger charge is 2.09. The Hall–Kier alpha value is -3.02. The van der Waals surface area contributed by atoms with Crippen LogP contribution in [-0.4, -0.2) is 20.7 Å². The minimum absolute atomic E-state index is 0.0219. The van der Waals surface area contributed by atoms with Gasteiger partial charge in [-0.1, -0.05) is 18.2 Å². The third-order valence-corrected chi connectivity index (χ3v) is 3.57. The second kappa shape index (κ2) is 6.62. The van der Waals surface area contributed by atoms with Crippen molar-refractivity contribution in [3.05, 3.63) is 71.4 Å². The Bertz CT molecular complexity index is 871. The van der Waals surface area contributed by atoms with E-state index in [1.807, 2.05) is 19.9 Å². The Morgan fingerprint density at radius 2 is 2.00 bits per heavy atom. The summed E-state index contributed by atoms with van der Waals surface area (Å²) in [6.07, 6.45) is 1.54. The van der Waals surface area contributed by atoms with Crippen molar-refractivity contribution in [2.45, 2.75) is 20.3 Å². The van der Waals surface area contributed by atoms with Gasteiger partial charge in [-0.25, -0.2) is 14.1 Å². The Balaban J connectivity index is 1.69. The molecule has 1 amide bonds. The lowest BCUT2D eigenvalue weighted by molar-refractivity contribution is -0.115. The Morgan fingerprint density at radius 3 is 2.62 bits per heavy atom. The smallest absolute Gasteiger partial charge is 0.228 e. The molecule has 5 nitrogen and oxygen atoms in total. The topological polar surface area (TPSA) is 59.8 Å². The molecule has 2 heterocycles. The van der Waals surface area contributed by atoms with E-state index < -0.39 is 0 Å². The maximum atomic E-state index is 13.6. The van der Waals surface area contributed by atoms with Crippen molar-refractivity contribution in [3.8, 4) is 5.82 Å². The number of pyridine rings is 1. The van der Waals surface area contributed by atoms with Gasteiger partial charge < -0.3 is 5.32 Å². The SMILES string of the molecule is Cc1cc(C)n(-c2ccc(NC(=O)Cc3ccccc3F)cn2)n1. The van der Waals surface area contributed by atoms with Crippen molar-refractivity contribution < 1.29 is 9.18 Å². The molecule has 0 aliphatic heterocycles. The van der Waals surface area contributed by atoms with Gasteiger partial charge in [-0.2, -0.15) is 5.10 Å². The number of hydrogen-bond acceptors (Lipinski definition) is 3. The van der Waals surface area contributed by atoms with Gasteiger partial charge in [0.1, 0.15) is 5.82 Å². The zero-order valence-electron chi connectivity index (χ0n) is 13.5. The minimum Gasteiger partial charge on any atom is -0.324 e. The molecule has 0 bridgehead atoms. The van der Waals surface area contributed by atoms with E-state index >= 15 is 0 Å². The van der Waals surface area contributed by atoms with Crippen LogP contribution in [0.1, 0.15) is 17.0 Å². The van der Waals surface area contributed by atoms with Crippen LogP contribution in [0.3, 0.4) is 0 Å². The predicted octanol–water partition coefficient (Wildman–Crippen LogP) is 3.20. The maximum Gasteiger partial charge on any atom is 0.228 e. The number of amides is 1. The lowest BCUT2D eigenvalue weighted by Gasteiger charge is -2.07. The third kappa shape index (κ3) is 3.48. The molecule has 1 N–H and O–H groups in total. The minimum atomic E-state index is -0.384. The number of rotatable bonds is 4. The molecule has 0 fully saturated rings. The Kier molecular flexibility index (Phi) is 4.37. The van der Waals surface area contributed by atoms with Crippen LogP contribution in [0.2, 0.25) is 0 Å². The van der Waals surface area contributed by atoms with Gasteiger partial charge >= 0.3 is 0 Å². The molecule has 0 unspecified atom stereocenters. The second-order valence-electron chi connectivity index (χ2n) is 5.56. The summed E-state index contributed by atoms with van der Waals surface area (Å²) in [7, 11) is 0. The zero-order chi connectivity index (χ0) is 17.1. The molecule has 122 valence electrons. The van der Waals surface area contributed by atoms with Crippen LogP contribution < -0.4 is 5.32 Å². The molecule has 2 aromatic heterocycles. The molecule has 3 rings (SSSR count). The van der Waals surface area contributed by atoms with Crippen LogP contribution in [0.15, 0.2) is 48.7 Å². The Labute approximate surface area is 139 Å². The largest absolute Gasteiger partial charge is 0.324 e. The number of aromatic nitrogens is 3. The summed E-state index contributed by atoms with van der Waals surface area (Å²) in [4.78, 5) is 16.3. The van der Waals surface area contributed by atoms with Gasteiger partial charge in [-0.05, 0) is 43.7 Å². The number of halogens is 1. The fourth-order valence-corrected chi connectivity index (χ4v) is 2.47. The van der Waals surface area contributed by atoms with E-state index in [9.17, 15) is 9.18 Å². The molecule has 6 heteroatoms. The molecular formula is C18H17FN4O. The summed E-state index contributed by atoms with van der Waals surface area (Å²) < 4.78 is 15.3. The molecule has 1 aromatic carbocycles. The van der Waals surface area contributed by atoms with Crippen molar-refractivity contribution in [1.82, 2.24) is 14.8 Å². The summed E-state index contributed by atoms with van der Waals surface area (Å²) in [6.45, 7) is 3.87. The first-order chi connectivity index (χ1) is 11.5. The number of nitrogens with zero attached hydrogens (tertiary/aromatic N) is 3. The summed E-state index contributed by atoms with van der Waals surface area (Å²) in [6, 6.07) is 11.7. The number of nitrogens with one attached hydrogen (secondary N) is 1. The number of aryl methyl sites for hydroxylation is 2. The monoisotopic (exact) mass is 324 g/mol. The molecule has 0 spiro atoms. The van der Waals surface area contributed by atoms with Crippen molar-refractivity contribution >= 4 is 11.6 Å². The lowest BCUT2D eigenvalue weighted by atomic mass is 10.1. The predicted molar refractivity (Wildman–Crippen MR) is 89.6 cm³/mol. The van der Waals surface area contributed by atoms with E-state index in [2.05, 4.69) is 15.4 Å². The first-order valence-corrected chi connectivity index (χ1v) is 7.56. The molecule has 0 atom stereocenters. The first-order valence-electron chi connectivity index (χ1n) is 7.56. The van der Waals surface area contributed by atoms with Crippen molar-refractivity contribution in [2.75, 3.05) is 5.32 Å². The third-order valence-electron chi connectivity index (χ3n) is 3.57. The number of carbonyl (C=O) groups excluding carboxylic acids is 1. The average Bonchev–Trinajstić information content (AvgIpc) is 2.89. The molecule has 24 heavy (non-hydrogen) atoms. The number of benzene rings is 1. The second-order valence-corrected chi connectivity index (χ2v) is 5.56. The highest BCUT2D eigenvalue weighted by molar-refractivity contribution is 5.92. The summed E-state index contributed by atoms with van der Waals surface area (Å²) in [5, 5.41) is 7.08. The van der Waals surface area contributed by atoms with Gasteiger partial charge in [0.15, 0.2) is 5.82 Å². The van der Waals surface area contributed by atoms with Crippen LogP contribution in [-0.2, 0) is 11.2 Å². The van der Waals surface area contributed by atoms with E-state index in [0.29, 0.717) is 17.1 Å². The number of carbonyl (C=O) groups is 1. The van der Waals surface area contributed by atoms with Gasteiger partial charge in [0.05, 0.1) is 24.0 Å². The zero-order valence-corrected chi connectivity index (χ0v) is 13.5. The van der Waals surface area contributed by atoms with Crippen molar-refractivity contribution in [1.29, 1.82) is 0 Å². The maximum absolute atomic E-state index is 13.6. The van der Waals surface area contributed by atoms with Crippen LogP contribution >= 0.6 is 0 Å². The quantitative estimate of drug-likeness (QED) is 0.802. The van der Waals surface area contributed by atoms with Crippen LogP contribution in [0.4, 0.5) is 10.1 Å². The van der Waals surface area contributed by atoms with Gasteiger partial charge in [-0.3, -0.25) is 4.79 Å². The molecule has 0 saturated heterocycles. The standard InChI is InChI=1S/C18H17FN4O/c1-12-9-13(2)23(22-12)17-8-7-15(11-20-17)21-18(24)10-14-5-3-4-6-16(14)19/h3-9,11H,10H2,1-2H3,(H,21,24). The van der Waals surface area contributed by atoms with Gasteiger partial charge in [0, 0.05) is 5.69 Å². The van der Waals surface area contributed by atoms with E-state index in [0.717, 1.165) is 11.4 Å². The van der Waals surface area contributed by atoms with Gasteiger partial charge in [0.2, 0.25) is 5.91 Å². The van der Waals surface area contributed by atoms with Gasteiger partial charge in [0.25, 0.3) is 0 Å². The molecule has 0 aliphatic carbocycles. The van der Waals surface area contributed by atoms with E-state index in [4.69, 9.17) is 0 Å². The normalized spacial score (nSPS) is 10.6. The molecular weight excluding hydrogens is 307 g/mol. The Morgan fingerprint density at radius 1 is 1.21 bits per heavy atom. The summed E-state index contributed by atoms with van der Waals surface area (Å²) in [5.74, 6) is -0.000818. The molecule has 3 aromatic rings. The van der Waals surface area contributed by atoms with Crippen LogP contribution in [0.25, 0.3) is 5.82 Å². The summed E-state index contributed by atoms with van der Waals surface area (Å²) in [5.41, 5.74) is 2.82. The van der Waals surface area contributed by atoms with Crippen molar-refractivity contribution in [2.24, 2.45) is 0 Å². The number of hydrogen-bond donors (Lipinski definition) is 1. The lowest BCUT2D eigenvalue weighted by Crippen LogP contribution is -2.15. The first kappa shape index (κ1) is 15.9. The highest BCUT2D eigenvalue weighted by Crippen LogP contribution is 2.13. The molecule has 0 saturated carbocycles. The van der Waals surface area contributed by atoms with E-state index in [-0.39, 0.29) is 18.1 Å². The van der Waals surface area contributed by atoms with Gasteiger partial charge in [-0.15, -0.1) is 0 Å². The van der Waals surface area contributed by atoms with E-state index in [1.165, 1.54) is 6.07 Å². The number of anilines is 1. The highest BCUT2D eigenvalue weighted by atomic mass is 19.1. The average molecular weight is 324 g/mol. The van der Waals surface area contributed by atoms with Crippen molar-refractivity contribution in [3.63, 3.8) is 0 Å². The van der Waals surface area contributed by atoms with Crippen LogP contribution in [0.5, 0.6) is 0 Å². The molecule has 0 radical (unpaired) electrons. The summed E-state index contributed by atoms with van der Waals surface area (Å²) >= 11 is 0. The van der Waals surface area contributed by atoms with E-state index in [1.54, 1.807) is 41.2 Å². The fourth-order valence-electron chi connectivity index (χ4n) is 2.47.